The molecule has 8 heteroatoms. The van der Waals surface area contributed by atoms with E-state index in [1.807, 2.05) is 32.0 Å². The van der Waals surface area contributed by atoms with Gasteiger partial charge in [-0.25, -0.2) is 13.4 Å². The van der Waals surface area contributed by atoms with Gasteiger partial charge in [-0.1, -0.05) is 30.8 Å². The maximum Gasteiger partial charge on any atom is 0.262 e. The molecule has 0 atom stereocenters. The lowest BCUT2D eigenvalue weighted by atomic mass is 10.2. The summed E-state index contributed by atoms with van der Waals surface area (Å²) < 4.78 is 28.1. The molecular weight excluding hydrogens is 430 g/mol. The van der Waals surface area contributed by atoms with Crippen molar-refractivity contribution < 1.29 is 13.2 Å². The first-order chi connectivity index (χ1) is 14.8. The van der Waals surface area contributed by atoms with Gasteiger partial charge in [0.25, 0.3) is 15.9 Å². The number of hydrogen-bond acceptors (Lipinski definition) is 5. The number of aryl methyl sites for hydroxylation is 2. The van der Waals surface area contributed by atoms with Gasteiger partial charge in [0.05, 0.1) is 10.5 Å². The molecule has 3 aromatic rings. The van der Waals surface area contributed by atoms with Gasteiger partial charge in [-0.15, -0.1) is 0 Å². The lowest BCUT2D eigenvalue weighted by molar-refractivity contribution is 0.0953. The molecule has 162 valence electrons. The Morgan fingerprint density at radius 2 is 1.77 bits per heavy atom. The summed E-state index contributed by atoms with van der Waals surface area (Å²) in [5.74, 6) is -0.133. The third-order valence-corrected chi connectivity index (χ3v) is 6.98. The van der Waals surface area contributed by atoms with Crippen molar-refractivity contribution in [3.63, 3.8) is 0 Å². The van der Waals surface area contributed by atoms with Crippen LogP contribution in [0.25, 0.3) is 0 Å². The van der Waals surface area contributed by atoms with Gasteiger partial charge in [0.2, 0.25) is 0 Å². The van der Waals surface area contributed by atoms with Crippen LogP contribution < -0.4 is 10.0 Å². The summed E-state index contributed by atoms with van der Waals surface area (Å²) in [6, 6.07) is 16.0. The Hall–Kier alpha value is -2.84. The molecule has 2 N–H and O–H groups in total. The summed E-state index contributed by atoms with van der Waals surface area (Å²) in [5, 5.41) is 3.57. The molecule has 0 radical (unpaired) electrons. The largest absolute Gasteiger partial charge is 0.352 e. The molecule has 0 fully saturated rings. The van der Waals surface area contributed by atoms with Crippen molar-refractivity contribution in [1.29, 1.82) is 0 Å². The molecule has 6 nitrogen and oxygen atoms in total. The van der Waals surface area contributed by atoms with Crippen molar-refractivity contribution >= 4 is 33.4 Å². The van der Waals surface area contributed by atoms with Gasteiger partial charge in [-0.3, -0.25) is 9.52 Å². The van der Waals surface area contributed by atoms with Gasteiger partial charge in [-0.05, 0) is 73.9 Å². The van der Waals surface area contributed by atoms with Gasteiger partial charge in [-0.2, -0.15) is 0 Å². The van der Waals surface area contributed by atoms with E-state index in [0.29, 0.717) is 23.4 Å². The van der Waals surface area contributed by atoms with Gasteiger partial charge in [0.15, 0.2) is 0 Å². The number of benzene rings is 2. The Bertz CT molecular complexity index is 1160. The number of nitrogens with zero attached hydrogens (tertiary/aromatic N) is 1. The van der Waals surface area contributed by atoms with E-state index in [-0.39, 0.29) is 10.8 Å². The SMILES string of the molecule is CCCNC(=O)c1ccc(Sc2ccc(NS(=O)(=O)c3cc(C)ccc3C)cc2)nc1. The molecule has 31 heavy (non-hydrogen) atoms. The van der Waals surface area contributed by atoms with E-state index in [4.69, 9.17) is 0 Å². The monoisotopic (exact) mass is 455 g/mol. The Balaban J connectivity index is 1.66. The second-order valence-electron chi connectivity index (χ2n) is 7.14. The molecule has 1 aromatic heterocycles. The summed E-state index contributed by atoms with van der Waals surface area (Å²) in [6.45, 7) is 6.27. The molecule has 0 saturated carbocycles. The van der Waals surface area contributed by atoms with E-state index < -0.39 is 10.0 Å². The maximum absolute atomic E-state index is 12.7. The zero-order chi connectivity index (χ0) is 22.4. The molecular formula is C23H25N3O3S2. The van der Waals surface area contributed by atoms with E-state index in [1.54, 1.807) is 49.5 Å². The lowest BCUT2D eigenvalue weighted by Gasteiger charge is -2.11. The Morgan fingerprint density at radius 3 is 2.42 bits per heavy atom. The van der Waals surface area contributed by atoms with Crippen LogP contribution in [0.2, 0.25) is 0 Å². The Morgan fingerprint density at radius 1 is 1.03 bits per heavy atom. The number of anilines is 1. The number of rotatable bonds is 8. The second-order valence-corrected chi connectivity index (χ2v) is 9.89. The van der Waals surface area contributed by atoms with Crippen LogP contribution in [-0.4, -0.2) is 25.9 Å². The van der Waals surface area contributed by atoms with E-state index in [0.717, 1.165) is 21.9 Å². The van der Waals surface area contributed by atoms with Crippen molar-refractivity contribution in [3.05, 3.63) is 77.5 Å². The minimum Gasteiger partial charge on any atom is -0.352 e. The average Bonchev–Trinajstić information content (AvgIpc) is 2.75. The van der Waals surface area contributed by atoms with Crippen LogP contribution in [0.15, 0.2) is 75.6 Å². The van der Waals surface area contributed by atoms with Crippen molar-refractivity contribution in [2.24, 2.45) is 0 Å². The summed E-state index contributed by atoms with van der Waals surface area (Å²) >= 11 is 1.43. The fourth-order valence-corrected chi connectivity index (χ4v) is 4.98. The fourth-order valence-electron chi connectivity index (χ4n) is 2.83. The Kier molecular flexibility index (Phi) is 7.35. The van der Waals surface area contributed by atoms with Crippen LogP contribution >= 0.6 is 11.8 Å². The highest BCUT2D eigenvalue weighted by atomic mass is 32.2. The molecule has 0 spiro atoms. The van der Waals surface area contributed by atoms with Crippen LogP contribution in [0.5, 0.6) is 0 Å². The highest BCUT2D eigenvalue weighted by Crippen LogP contribution is 2.28. The minimum absolute atomic E-state index is 0.133. The number of sulfonamides is 1. The molecule has 0 aliphatic heterocycles. The maximum atomic E-state index is 12.7. The topological polar surface area (TPSA) is 88.2 Å². The molecule has 0 unspecified atom stereocenters. The summed E-state index contributed by atoms with van der Waals surface area (Å²) in [4.78, 5) is 17.5. The Labute approximate surface area is 187 Å². The molecule has 3 rings (SSSR count). The van der Waals surface area contributed by atoms with Crippen LogP contribution in [0.1, 0.15) is 34.8 Å². The first kappa shape index (κ1) is 22.8. The normalized spacial score (nSPS) is 11.2. The number of aromatic nitrogens is 1. The molecule has 1 amide bonds. The zero-order valence-electron chi connectivity index (χ0n) is 17.7. The molecule has 2 aromatic carbocycles. The predicted molar refractivity (Wildman–Crippen MR) is 124 cm³/mol. The lowest BCUT2D eigenvalue weighted by Crippen LogP contribution is -2.23. The van der Waals surface area contributed by atoms with E-state index in [1.165, 1.54) is 11.8 Å². The smallest absolute Gasteiger partial charge is 0.262 e. The average molecular weight is 456 g/mol. The summed E-state index contributed by atoms with van der Waals surface area (Å²) in [7, 11) is -3.67. The summed E-state index contributed by atoms with van der Waals surface area (Å²) in [6.07, 6.45) is 2.43. The predicted octanol–water partition coefficient (Wildman–Crippen LogP) is 4.79. The first-order valence-electron chi connectivity index (χ1n) is 9.91. The highest BCUT2D eigenvalue weighted by Gasteiger charge is 2.17. The third-order valence-electron chi connectivity index (χ3n) is 4.50. The van der Waals surface area contributed by atoms with E-state index >= 15 is 0 Å². The van der Waals surface area contributed by atoms with Crippen molar-refractivity contribution in [3.8, 4) is 0 Å². The number of hydrogen-bond donors (Lipinski definition) is 2. The highest BCUT2D eigenvalue weighted by molar-refractivity contribution is 7.99. The molecule has 1 heterocycles. The zero-order valence-corrected chi connectivity index (χ0v) is 19.3. The number of amides is 1. The van der Waals surface area contributed by atoms with Crippen LogP contribution in [-0.2, 0) is 10.0 Å². The van der Waals surface area contributed by atoms with Gasteiger partial charge < -0.3 is 5.32 Å². The van der Waals surface area contributed by atoms with Crippen LogP contribution in [0.3, 0.4) is 0 Å². The fraction of sp³-hybridized carbons (Fsp3) is 0.217. The van der Waals surface area contributed by atoms with Crippen molar-refractivity contribution in [2.45, 2.75) is 42.0 Å². The third kappa shape index (κ3) is 6.08. The van der Waals surface area contributed by atoms with Crippen LogP contribution in [0.4, 0.5) is 5.69 Å². The van der Waals surface area contributed by atoms with Crippen LogP contribution in [0, 0.1) is 13.8 Å². The summed E-state index contributed by atoms with van der Waals surface area (Å²) in [5.41, 5.74) is 2.59. The minimum atomic E-state index is -3.67. The van der Waals surface area contributed by atoms with Gasteiger partial charge >= 0.3 is 0 Å². The standard InChI is InChI=1S/C23H25N3O3S2/c1-4-13-24-23(27)18-7-12-22(25-15-18)30-20-10-8-19(9-11-20)26-31(28,29)21-14-16(2)5-6-17(21)3/h5-12,14-15,26H,4,13H2,1-3H3,(H,24,27). The quantitative estimate of drug-likeness (QED) is 0.510. The number of carbonyl (C=O) groups excluding carboxylic acids is 1. The first-order valence-corrected chi connectivity index (χ1v) is 12.2. The molecule has 0 bridgehead atoms. The molecule has 0 saturated heterocycles. The number of carbonyl (C=O) groups is 1. The van der Waals surface area contributed by atoms with Crippen molar-refractivity contribution in [2.75, 3.05) is 11.3 Å². The number of nitrogens with one attached hydrogen (secondary N) is 2. The number of pyridine rings is 1. The van der Waals surface area contributed by atoms with Gasteiger partial charge in [0.1, 0.15) is 5.03 Å². The van der Waals surface area contributed by atoms with E-state index in [9.17, 15) is 13.2 Å². The van der Waals surface area contributed by atoms with E-state index in [2.05, 4.69) is 15.0 Å². The second kappa shape index (κ2) is 9.98. The van der Waals surface area contributed by atoms with Crippen molar-refractivity contribution in [1.82, 2.24) is 10.3 Å². The van der Waals surface area contributed by atoms with Gasteiger partial charge in [0, 0.05) is 23.3 Å². The molecule has 0 aliphatic rings. The molecule has 0 aliphatic carbocycles.